The Morgan fingerprint density at radius 3 is 2.81 bits per heavy atom. The molecule has 3 aromatic rings. The van der Waals surface area contributed by atoms with E-state index in [4.69, 9.17) is 0 Å². The van der Waals surface area contributed by atoms with Gasteiger partial charge in [0.15, 0.2) is 17.3 Å². The molecule has 2 fully saturated rings. The third-order valence-electron chi connectivity index (χ3n) is 6.78. The van der Waals surface area contributed by atoms with E-state index in [2.05, 4.69) is 20.2 Å². The Balaban J connectivity index is 1.32. The van der Waals surface area contributed by atoms with Gasteiger partial charge in [0.1, 0.15) is 0 Å². The van der Waals surface area contributed by atoms with Crippen LogP contribution in [0.15, 0.2) is 29.2 Å². The molecule has 8 nitrogen and oxygen atoms in total. The minimum Gasteiger partial charge on any atom is -0.343 e. The molecule has 32 heavy (non-hydrogen) atoms. The summed E-state index contributed by atoms with van der Waals surface area (Å²) < 4.78 is 16.0. The predicted octanol–water partition coefficient (Wildman–Crippen LogP) is 2.98. The van der Waals surface area contributed by atoms with E-state index in [1.165, 1.54) is 10.6 Å². The van der Waals surface area contributed by atoms with Crippen molar-refractivity contribution in [1.82, 2.24) is 29.5 Å². The van der Waals surface area contributed by atoms with Gasteiger partial charge >= 0.3 is 5.69 Å². The Hall–Kier alpha value is -3.10. The molecule has 9 heteroatoms. The number of amides is 1. The summed E-state index contributed by atoms with van der Waals surface area (Å²) in [6, 6.07) is 5.19. The molecular weight excluding hydrogens is 411 g/mol. The largest absolute Gasteiger partial charge is 0.348 e. The number of carbonyl (C=O) groups excluding carboxylic acids is 1. The third kappa shape index (κ3) is 4.16. The van der Waals surface area contributed by atoms with Crippen LogP contribution in [0, 0.1) is 17.7 Å². The number of halogens is 1. The molecule has 0 radical (unpaired) electrons. The number of pyridine rings is 1. The fourth-order valence-electron chi connectivity index (χ4n) is 5.19. The molecule has 1 saturated carbocycles. The normalized spacial score (nSPS) is 21.3. The van der Waals surface area contributed by atoms with Crippen LogP contribution in [0.2, 0.25) is 0 Å². The molecule has 1 aliphatic carbocycles. The quantitative estimate of drug-likeness (QED) is 0.661. The van der Waals surface area contributed by atoms with Gasteiger partial charge in [-0.1, -0.05) is 18.9 Å². The van der Waals surface area contributed by atoms with Crippen LogP contribution in [-0.4, -0.2) is 48.5 Å². The molecule has 4 heterocycles. The van der Waals surface area contributed by atoms with Crippen LogP contribution in [0.3, 0.4) is 0 Å². The number of aromatic amines is 1. The highest BCUT2D eigenvalue weighted by atomic mass is 19.1. The van der Waals surface area contributed by atoms with Crippen molar-refractivity contribution in [2.45, 2.75) is 51.4 Å². The second kappa shape index (κ2) is 8.80. The standard InChI is InChI=1S/C23H27FN6O2/c24-17-14-25-22(19-7-4-8-20-27-28-23(32)30(19)20)26-18(17)12-15-5-3-6-16(11-15)13-21(31)29-9-1-2-10-29/h4,7-8,14-16H,1-3,5-6,9-13H2,(H,28,32)/t15-,16?/m0/s1. The molecule has 0 aromatic carbocycles. The van der Waals surface area contributed by atoms with Gasteiger partial charge in [-0.25, -0.2) is 28.7 Å². The van der Waals surface area contributed by atoms with E-state index in [-0.39, 0.29) is 17.5 Å². The second-order valence-corrected chi connectivity index (χ2v) is 9.02. The maximum absolute atomic E-state index is 14.6. The first-order valence-electron chi connectivity index (χ1n) is 11.4. The van der Waals surface area contributed by atoms with Gasteiger partial charge in [0, 0.05) is 19.5 Å². The number of carbonyl (C=O) groups is 1. The van der Waals surface area contributed by atoms with Gasteiger partial charge in [-0.3, -0.25) is 4.79 Å². The predicted molar refractivity (Wildman–Crippen MR) is 116 cm³/mol. The summed E-state index contributed by atoms with van der Waals surface area (Å²) in [6.45, 7) is 1.77. The Bertz CT molecular complexity index is 1180. The van der Waals surface area contributed by atoms with Crippen molar-refractivity contribution in [3.63, 3.8) is 0 Å². The number of hydrogen-bond donors (Lipinski definition) is 1. The number of rotatable bonds is 5. The van der Waals surface area contributed by atoms with Crippen LogP contribution >= 0.6 is 0 Å². The number of aromatic nitrogens is 5. The summed E-state index contributed by atoms with van der Waals surface area (Å²) in [5.41, 5.74) is 0.905. The summed E-state index contributed by atoms with van der Waals surface area (Å²) in [7, 11) is 0. The molecule has 1 unspecified atom stereocenters. The topological polar surface area (TPSA) is 96.2 Å². The van der Waals surface area contributed by atoms with Crippen LogP contribution in [-0.2, 0) is 11.2 Å². The average Bonchev–Trinajstić information content (AvgIpc) is 3.46. The maximum Gasteiger partial charge on any atom is 0.348 e. The zero-order chi connectivity index (χ0) is 22.1. The lowest BCUT2D eigenvalue weighted by atomic mass is 9.77. The number of likely N-dealkylation sites (tertiary alicyclic amines) is 1. The van der Waals surface area contributed by atoms with Crippen LogP contribution in [0.25, 0.3) is 17.2 Å². The van der Waals surface area contributed by atoms with Crippen molar-refractivity contribution in [2.75, 3.05) is 13.1 Å². The molecule has 3 aromatic heterocycles. The smallest absolute Gasteiger partial charge is 0.343 e. The molecule has 1 saturated heterocycles. The average molecular weight is 439 g/mol. The zero-order valence-corrected chi connectivity index (χ0v) is 18.0. The number of nitrogens with one attached hydrogen (secondary N) is 1. The first-order chi connectivity index (χ1) is 15.6. The van der Waals surface area contributed by atoms with Crippen molar-refractivity contribution in [1.29, 1.82) is 0 Å². The highest BCUT2D eigenvalue weighted by molar-refractivity contribution is 5.76. The van der Waals surface area contributed by atoms with Gasteiger partial charge in [-0.15, -0.1) is 0 Å². The molecule has 0 bridgehead atoms. The Labute approximate surface area is 184 Å². The van der Waals surface area contributed by atoms with Gasteiger partial charge in [-0.2, -0.15) is 5.10 Å². The van der Waals surface area contributed by atoms with E-state index < -0.39 is 5.82 Å². The molecule has 1 amide bonds. The van der Waals surface area contributed by atoms with Crippen LogP contribution in [0.4, 0.5) is 4.39 Å². The van der Waals surface area contributed by atoms with E-state index in [1.54, 1.807) is 18.2 Å². The third-order valence-corrected chi connectivity index (χ3v) is 6.78. The van der Waals surface area contributed by atoms with Crippen molar-refractivity contribution >= 4 is 11.6 Å². The molecule has 2 aliphatic rings. The van der Waals surface area contributed by atoms with E-state index in [0.717, 1.165) is 51.6 Å². The lowest BCUT2D eigenvalue weighted by Crippen LogP contribution is -2.31. The van der Waals surface area contributed by atoms with E-state index in [9.17, 15) is 14.0 Å². The minimum atomic E-state index is -0.435. The second-order valence-electron chi connectivity index (χ2n) is 9.02. The molecule has 168 valence electrons. The SMILES string of the molecule is O=C(CC1CCC[C@H](Cc2nc(-c3cccc4n[nH]c(=O)n34)ncc2F)C1)N1CCCC1. The number of nitrogens with zero attached hydrogens (tertiary/aromatic N) is 5. The van der Waals surface area contributed by atoms with Crippen molar-refractivity contribution in [3.8, 4) is 11.5 Å². The van der Waals surface area contributed by atoms with Crippen LogP contribution in [0.1, 0.15) is 50.6 Å². The Kier molecular flexibility index (Phi) is 5.71. The zero-order valence-electron chi connectivity index (χ0n) is 18.0. The van der Waals surface area contributed by atoms with Gasteiger partial charge in [-0.05, 0) is 56.1 Å². The molecule has 0 spiro atoms. The van der Waals surface area contributed by atoms with E-state index in [0.29, 0.717) is 41.6 Å². The van der Waals surface area contributed by atoms with Crippen molar-refractivity contribution in [3.05, 3.63) is 46.4 Å². The molecule has 1 aliphatic heterocycles. The minimum absolute atomic E-state index is 0.266. The van der Waals surface area contributed by atoms with Crippen LogP contribution < -0.4 is 5.69 Å². The molecule has 5 rings (SSSR count). The Morgan fingerprint density at radius 2 is 1.97 bits per heavy atom. The number of H-pyrrole nitrogens is 1. The lowest BCUT2D eigenvalue weighted by molar-refractivity contribution is -0.131. The van der Waals surface area contributed by atoms with Gasteiger partial charge in [0.05, 0.1) is 17.6 Å². The van der Waals surface area contributed by atoms with Gasteiger partial charge in [0.25, 0.3) is 0 Å². The van der Waals surface area contributed by atoms with Gasteiger partial charge < -0.3 is 4.90 Å². The number of fused-ring (bicyclic) bond motifs is 1. The summed E-state index contributed by atoms with van der Waals surface area (Å²) >= 11 is 0. The highest BCUT2D eigenvalue weighted by Gasteiger charge is 2.28. The number of hydrogen-bond acceptors (Lipinski definition) is 5. The van der Waals surface area contributed by atoms with Crippen molar-refractivity contribution < 1.29 is 9.18 Å². The van der Waals surface area contributed by atoms with Crippen LogP contribution in [0.5, 0.6) is 0 Å². The molecular formula is C23H27FN6O2. The summed E-state index contributed by atoms with van der Waals surface area (Å²) in [5, 5.41) is 6.38. The Morgan fingerprint density at radius 1 is 1.16 bits per heavy atom. The highest BCUT2D eigenvalue weighted by Crippen LogP contribution is 2.34. The van der Waals surface area contributed by atoms with E-state index >= 15 is 0 Å². The summed E-state index contributed by atoms with van der Waals surface area (Å²) in [5.74, 6) is 0.763. The monoisotopic (exact) mass is 438 g/mol. The first-order valence-corrected chi connectivity index (χ1v) is 11.4. The van der Waals surface area contributed by atoms with E-state index in [1.807, 2.05) is 4.90 Å². The fourth-order valence-corrected chi connectivity index (χ4v) is 5.19. The summed E-state index contributed by atoms with van der Waals surface area (Å²) in [4.78, 5) is 35.3. The first kappa shape index (κ1) is 20.8. The molecule has 2 atom stereocenters. The van der Waals surface area contributed by atoms with Gasteiger partial charge in [0.2, 0.25) is 5.91 Å². The van der Waals surface area contributed by atoms with Crippen molar-refractivity contribution in [2.24, 2.45) is 11.8 Å². The molecule has 1 N–H and O–H groups in total. The lowest BCUT2D eigenvalue weighted by Gasteiger charge is -2.30. The summed E-state index contributed by atoms with van der Waals surface area (Å²) in [6.07, 6.45) is 8.51. The fraction of sp³-hybridized carbons (Fsp3) is 0.522. The maximum atomic E-state index is 14.6.